The van der Waals surface area contributed by atoms with E-state index >= 15 is 0 Å². The van der Waals surface area contributed by atoms with Gasteiger partial charge in [0.25, 0.3) is 9.70 Å². The summed E-state index contributed by atoms with van der Waals surface area (Å²) in [5.41, 5.74) is 1.83. The monoisotopic (exact) mass is 303 g/mol. The predicted octanol–water partition coefficient (Wildman–Crippen LogP) is 3.72. The summed E-state index contributed by atoms with van der Waals surface area (Å²) in [6.45, 7) is 1.91. The summed E-state index contributed by atoms with van der Waals surface area (Å²) in [4.78, 5) is 11.6. The first-order valence-electron chi connectivity index (χ1n) is 5.47. The van der Waals surface area contributed by atoms with E-state index in [-0.39, 0.29) is 0 Å². The van der Waals surface area contributed by atoms with Crippen LogP contribution in [0.3, 0.4) is 0 Å². The first-order valence-corrected chi connectivity index (χ1v) is 6.60. The van der Waals surface area contributed by atoms with Crippen LogP contribution in [-0.4, -0.2) is 15.2 Å². The van der Waals surface area contributed by atoms with Crippen molar-refractivity contribution in [3.8, 4) is 0 Å². The van der Waals surface area contributed by atoms with Gasteiger partial charge in [-0.05, 0) is 24.5 Å². The molecule has 1 fully saturated rings. The van der Waals surface area contributed by atoms with E-state index in [9.17, 15) is 4.79 Å². The maximum atomic E-state index is 11.6. The van der Waals surface area contributed by atoms with Crippen LogP contribution >= 0.6 is 34.8 Å². The molecule has 18 heavy (non-hydrogen) atoms. The van der Waals surface area contributed by atoms with Crippen LogP contribution in [0.15, 0.2) is 35.9 Å². The zero-order valence-corrected chi connectivity index (χ0v) is 12.0. The highest BCUT2D eigenvalue weighted by molar-refractivity contribution is 6.76. The van der Waals surface area contributed by atoms with Crippen LogP contribution in [-0.2, 0) is 4.79 Å². The molecule has 0 bridgehead atoms. The molecule has 5 heteroatoms. The van der Waals surface area contributed by atoms with E-state index in [0.29, 0.717) is 0 Å². The van der Waals surface area contributed by atoms with Crippen molar-refractivity contribution in [3.63, 3.8) is 0 Å². The normalized spacial score (nSPS) is 25.0. The number of nitrogens with one attached hydrogen (secondary N) is 1. The summed E-state index contributed by atoms with van der Waals surface area (Å²) in [6.07, 6.45) is 2.81. The lowest BCUT2D eigenvalue weighted by Crippen LogP contribution is -2.41. The van der Waals surface area contributed by atoms with Gasteiger partial charge in [-0.25, -0.2) is 0 Å². The van der Waals surface area contributed by atoms with Crippen LogP contribution in [0.5, 0.6) is 0 Å². The molecular weight excluding hydrogens is 293 g/mol. The summed E-state index contributed by atoms with van der Waals surface area (Å²) in [6, 6.07) is 9.89. The number of halogens is 3. The molecule has 0 radical (unpaired) electrons. The minimum Gasteiger partial charge on any atom is -0.343 e. The minimum atomic E-state index is -1.91. The molecule has 1 aliphatic carbocycles. The van der Waals surface area contributed by atoms with Gasteiger partial charge in [-0.15, -0.1) is 0 Å². The van der Waals surface area contributed by atoms with E-state index in [1.165, 1.54) is 0 Å². The molecule has 1 amide bonds. The fraction of sp³-hybridized carbons (Fsp3) is 0.308. The second-order valence-corrected chi connectivity index (χ2v) is 6.82. The predicted molar refractivity (Wildman–Crippen MR) is 75.9 cm³/mol. The number of carbonyl (C=O) groups excluding carboxylic acids is 1. The Morgan fingerprint density at radius 1 is 1.33 bits per heavy atom. The van der Waals surface area contributed by atoms with Crippen LogP contribution in [0.4, 0.5) is 0 Å². The standard InChI is InChI=1S/C13H12Cl3NO/c1-12(17-11(18)13(14,15)16)8-10(12)7-9-5-3-2-4-6-9/h2-7H,8H2,1H3,(H,17,18)/b10-7-. The molecule has 96 valence electrons. The van der Waals surface area contributed by atoms with E-state index in [1.54, 1.807) is 0 Å². The smallest absolute Gasteiger partial charge is 0.272 e. The molecule has 2 rings (SSSR count). The van der Waals surface area contributed by atoms with Crippen molar-refractivity contribution in [2.24, 2.45) is 0 Å². The lowest BCUT2D eigenvalue weighted by molar-refractivity contribution is -0.120. The Balaban J connectivity index is 2.06. The third-order valence-corrected chi connectivity index (χ3v) is 3.43. The molecule has 0 heterocycles. The van der Waals surface area contributed by atoms with Crippen molar-refractivity contribution in [1.29, 1.82) is 0 Å². The zero-order valence-electron chi connectivity index (χ0n) is 9.71. The third kappa shape index (κ3) is 3.19. The summed E-state index contributed by atoms with van der Waals surface area (Å²) < 4.78 is -1.91. The molecule has 1 aromatic carbocycles. The average molecular weight is 305 g/mol. The Labute approximate surface area is 121 Å². The zero-order chi connectivity index (χ0) is 13.4. The highest BCUT2D eigenvalue weighted by Gasteiger charge is 2.48. The van der Waals surface area contributed by atoms with Gasteiger partial charge in [-0.2, -0.15) is 0 Å². The third-order valence-electron chi connectivity index (χ3n) is 2.92. The Kier molecular flexibility index (Phi) is 3.63. The molecule has 0 spiro atoms. The van der Waals surface area contributed by atoms with Gasteiger partial charge in [-0.3, -0.25) is 4.79 Å². The van der Waals surface area contributed by atoms with Gasteiger partial charge in [0, 0.05) is 0 Å². The minimum absolute atomic E-state index is 0.392. The van der Waals surface area contributed by atoms with Crippen molar-refractivity contribution in [2.45, 2.75) is 22.7 Å². The number of benzene rings is 1. The number of rotatable bonds is 2. The molecule has 0 aliphatic heterocycles. The molecule has 0 aromatic heterocycles. The summed E-state index contributed by atoms with van der Waals surface area (Å²) >= 11 is 16.6. The van der Waals surface area contributed by atoms with E-state index < -0.39 is 15.2 Å². The molecule has 1 N–H and O–H groups in total. The molecule has 2 nitrogen and oxygen atoms in total. The Bertz CT molecular complexity index is 493. The maximum absolute atomic E-state index is 11.6. The number of amides is 1. The molecule has 1 saturated carbocycles. The highest BCUT2D eigenvalue weighted by atomic mass is 35.6. The lowest BCUT2D eigenvalue weighted by atomic mass is 10.2. The Morgan fingerprint density at radius 3 is 2.50 bits per heavy atom. The van der Waals surface area contributed by atoms with Gasteiger partial charge in [0.2, 0.25) is 0 Å². The Morgan fingerprint density at radius 2 is 1.94 bits per heavy atom. The van der Waals surface area contributed by atoms with Crippen LogP contribution in [0.1, 0.15) is 18.9 Å². The first-order chi connectivity index (χ1) is 8.31. The van der Waals surface area contributed by atoms with E-state index in [2.05, 4.69) is 5.32 Å². The van der Waals surface area contributed by atoms with Gasteiger partial charge in [-0.1, -0.05) is 71.2 Å². The highest BCUT2D eigenvalue weighted by Crippen LogP contribution is 2.44. The fourth-order valence-corrected chi connectivity index (χ4v) is 1.89. The Hall–Kier alpha value is -0.700. The van der Waals surface area contributed by atoms with Crippen LogP contribution < -0.4 is 5.32 Å². The van der Waals surface area contributed by atoms with Gasteiger partial charge < -0.3 is 5.32 Å². The van der Waals surface area contributed by atoms with Gasteiger partial charge >= 0.3 is 0 Å². The van der Waals surface area contributed by atoms with Crippen LogP contribution in [0.25, 0.3) is 6.08 Å². The molecular formula is C13H12Cl3NO. The molecule has 1 aliphatic rings. The van der Waals surface area contributed by atoms with Crippen LogP contribution in [0, 0.1) is 0 Å². The number of hydrogen-bond acceptors (Lipinski definition) is 1. The quantitative estimate of drug-likeness (QED) is 0.829. The number of carbonyl (C=O) groups is 1. The molecule has 1 atom stereocenters. The van der Waals surface area contributed by atoms with Crippen molar-refractivity contribution < 1.29 is 4.79 Å². The summed E-state index contributed by atoms with van der Waals surface area (Å²) in [5.74, 6) is -0.591. The maximum Gasteiger partial charge on any atom is 0.272 e. The second-order valence-electron chi connectivity index (χ2n) is 4.54. The SMILES string of the molecule is CC1(NC(=O)C(Cl)(Cl)Cl)C/C1=C/c1ccccc1. The van der Waals surface area contributed by atoms with E-state index in [0.717, 1.165) is 17.6 Å². The van der Waals surface area contributed by atoms with Crippen molar-refractivity contribution in [1.82, 2.24) is 5.32 Å². The number of alkyl halides is 3. The topological polar surface area (TPSA) is 29.1 Å². The first kappa shape index (κ1) is 13.7. The lowest BCUT2D eigenvalue weighted by Gasteiger charge is -2.16. The number of hydrogen-bond donors (Lipinski definition) is 1. The largest absolute Gasteiger partial charge is 0.343 e. The van der Waals surface area contributed by atoms with Gasteiger partial charge in [0.15, 0.2) is 0 Å². The molecule has 1 aromatic rings. The van der Waals surface area contributed by atoms with Crippen molar-refractivity contribution in [2.75, 3.05) is 0 Å². The van der Waals surface area contributed by atoms with E-state index in [1.807, 2.05) is 43.3 Å². The fourth-order valence-electron chi connectivity index (χ4n) is 1.74. The van der Waals surface area contributed by atoms with Crippen LogP contribution in [0.2, 0.25) is 0 Å². The molecule has 1 unspecified atom stereocenters. The summed E-state index contributed by atoms with van der Waals surface area (Å²) in [7, 11) is 0. The van der Waals surface area contributed by atoms with Crippen molar-refractivity contribution in [3.05, 3.63) is 41.5 Å². The van der Waals surface area contributed by atoms with Gasteiger partial charge in [0.1, 0.15) is 0 Å². The van der Waals surface area contributed by atoms with Crippen molar-refractivity contribution >= 4 is 46.8 Å². The average Bonchev–Trinajstić information content (AvgIpc) is 2.88. The molecule has 0 saturated heterocycles. The second kappa shape index (κ2) is 4.76. The summed E-state index contributed by atoms with van der Waals surface area (Å²) in [5, 5.41) is 2.74. The van der Waals surface area contributed by atoms with E-state index in [4.69, 9.17) is 34.8 Å². The van der Waals surface area contributed by atoms with Gasteiger partial charge in [0.05, 0.1) is 5.54 Å².